The summed E-state index contributed by atoms with van der Waals surface area (Å²) >= 11 is 0. The quantitative estimate of drug-likeness (QED) is 0.855. The van der Waals surface area contributed by atoms with Crippen LogP contribution in [0.2, 0.25) is 0 Å². The highest BCUT2D eigenvalue weighted by molar-refractivity contribution is 5.93. The lowest BCUT2D eigenvalue weighted by Gasteiger charge is -2.35. The van der Waals surface area contributed by atoms with Crippen molar-refractivity contribution in [2.24, 2.45) is 0 Å². The fraction of sp³-hybridized carbons (Fsp3) is 0.692. The number of ether oxygens (including phenoxy) is 1. The molecule has 2 fully saturated rings. The van der Waals surface area contributed by atoms with Gasteiger partial charge in [-0.25, -0.2) is 0 Å². The van der Waals surface area contributed by atoms with E-state index in [1.807, 2.05) is 4.90 Å². The Morgan fingerprint density at radius 3 is 2.89 bits per heavy atom. The fourth-order valence-corrected chi connectivity index (χ4v) is 2.76. The number of nitrogens with one attached hydrogen (secondary N) is 1. The number of rotatable bonds is 3. The molecule has 0 aromatic carbocycles. The number of carbonyl (C=O) groups is 1. The van der Waals surface area contributed by atoms with Gasteiger partial charge < -0.3 is 9.64 Å². The normalized spacial score (nSPS) is 24.8. The predicted molar refractivity (Wildman–Crippen MR) is 69.9 cm³/mol. The maximum Gasteiger partial charge on any atom is 0.257 e. The Morgan fingerprint density at radius 1 is 1.42 bits per heavy atom. The maximum atomic E-state index is 12.1. The molecule has 1 unspecified atom stereocenters. The maximum absolute atomic E-state index is 12.1. The van der Waals surface area contributed by atoms with Gasteiger partial charge in [0.2, 0.25) is 0 Å². The Hall–Kier alpha value is -1.40. The summed E-state index contributed by atoms with van der Waals surface area (Å²) in [5.74, 6) is 0.0746. The minimum atomic E-state index is 0.0746. The zero-order chi connectivity index (χ0) is 13.1. The summed E-state index contributed by atoms with van der Waals surface area (Å²) in [4.78, 5) is 16.4. The SMILES string of the molecule is O=C(c1cn[nH]c1)N1CCN(CC2CCCO2)CC1. The monoisotopic (exact) mass is 264 g/mol. The Kier molecular flexibility index (Phi) is 3.79. The van der Waals surface area contributed by atoms with Gasteiger partial charge >= 0.3 is 0 Å². The molecule has 6 nitrogen and oxygen atoms in total. The Balaban J connectivity index is 1.47. The number of carbonyl (C=O) groups excluding carboxylic acids is 1. The highest BCUT2D eigenvalue weighted by atomic mass is 16.5. The topological polar surface area (TPSA) is 61.5 Å². The molecule has 0 aliphatic carbocycles. The van der Waals surface area contributed by atoms with Crippen LogP contribution in [-0.2, 0) is 4.74 Å². The van der Waals surface area contributed by atoms with Crippen molar-refractivity contribution < 1.29 is 9.53 Å². The third-order valence-corrected chi connectivity index (χ3v) is 3.89. The molecule has 0 spiro atoms. The number of aromatic nitrogens is 2. The van der Waals surface area contributed by atoms with Crippen LogP contribution < -0.4 is 0 Å². The van der Waals surface area contributed by atoms with Crippen molar-refractivity contribution in [2.75, 3.05) is 39.3 Å². The second kappa shape index (κ2) is 5.71. The Labute approximate surface area is 112 Å². The lowest BCUT2D eigenvalue weighted by atomic mass is 10.2. The first kappa shape index (κ1) is 12.6. The van der Waals surface area contributed by atoms with Crippen LogP contribution >= 0.6 is 0 Å². The molecule has 104 valence electrons. The predicted octanol–water partition coefficient (Wildman–Crippen LogP) is 0.346. The molecule has 6 heteroatoms. The molecule has 3 heterocycles. The molecule has 2 aliphatic rings. The average molecular weight is 264 g/mol. The molecule has 1 N–H and O–H groups in total. The first-order valence-corrected chi connectivity index (χ1v) is 6.95. The molecule has 1 amide bonds. The summed E-state index contributed by atoms with van der Waals surface area (Å²) in [6.45, 7) is 5.36. The molecule has 3 rings (SSSR count). The zero-order valence-electron chi connectivity index (χ0n) is 11.0. The van der Waals surface area contributed by atoms with Crippen molar-refractivity contribution in [2.45, 2.75) is 18.9 Å². The lowest BCUT2D eigenvalue weighted by molar-refractivity contribution is 0.0433. The van der Waals surface area contributed by atoms with Crippen molar-refractivity contribution in [3.63, 3.8) is 0 Å². The van der Waals surface area contributed by atoms with Gasteiger partial charge in [-0.2, -0.15) is 5.10 Å². The van der Waals surface area contributed by atoms with Crippen LogP contribution in [-0.4, -0.2) is 71.3 Å². The van der Waals surface area contributed by atoms with Crippen molar-refractivity contribution >= 4 is 5.91 Å². The summed E-state index contributed by atoms with van der Waals surface area (Å²) in [5.41, 5.74) is 0.646. The number of H-pyrrole nitrogens is 1. The van der Waals surface area contributed by atoms with Gasteiger partial charge in [0.1, 0.15) is 0 Å². The van der Waals surface area contributed by atoms with E-state index in [4.69, 9.17) is 4.74 Å². The van der Waals surface area contributed by atoms with Crippen molar-refractivity contribution in [3.8, 4) is 0 Å². The van der Waals surface area contributed by atoms with E-state index < -0.39 is 0 Å². The minimum absolute atomic E-state index is 0.0746. The van der Waals surface area contributed by atoms with E-state index in [9.17, 15) is 4.79 Å². The Morgan fingerprint density at radius 2 is 2.26 bits per heavy atom. The number of hydrogen-bond donors (Lipinski definition) is 1. The van der Waals surface area contributed by atoms with E-state index in [0.717, 1.165) is 39.3 Å². The van der Waals surface area contributed by atoms with E-state index in [-0.39, 0.29) is 5.91 Å². The van der Waals surface area contributed by atoms with Gasteiger partial charge in [-0.15, -0.1) is 0 Å². The average Bonchev–Trinajstić information content (AvgIpc) is 3.12. The molecule has 0 saturated carbocycles. The van der Waals surface area contributed by atoms with Gasteiger partial charge in [0.15, 0.2) is 0 Å². The van der Waals surface area contributed by atoms with Crippen LogP contribution in [0.1, 0.15) is 23.2 Å². The van der Waals surface area contributed by atoms with Crippen molar-refractivity contribution in [1.29, 1.82) is 0 Å². The second-order valence-electron chi connectivity index (χ2n) is 5.21. The van der Waals surface area contributed by atoms with Crippen LogP contribution in [0.5, 0.6) is 0 Å². The third kappa shape index (κ3) is 2.96. The van der Waals surface area contributed by atoms with Crippen molar-refractivity contribution in [1.82, 2.24) is 20.0 Å². The van der Waals surface area contributed by atoms with Crippen LogP contribution in [0.3, 0.4) is 0 Å². The van der Waals surface area contributed by atoms with Gasteiger partial charge in [-0.3, -0.25) is 14.8 Å². The number of amides is 1. The summed E-state index contributed by atoms with van der Waals surface area (Å²) in [6.07, 6.45) is 6.00. The summed E-state index contributed by atoms with van der Waals surface area (Å²) in [6, 6.07) is 0. The van der Waals surface area contributed by atoms with Gasteiger partial charge in [-0.1, -0.05) is 0 Å². The summed E-state index contributed by atoms with van der Waals surface area (Å²) in [7, 11) is 0. The molecule has 19 heavy (non-hydrogen) atoms. The van der Waals surface area contributed by atoms with Gasteiger partial charge in [0.25, 0.3) is 5.91 Å². The van der Waals surface area contributed by atoms with Crippen LogP contribution in [0.15, 0.2) is 12.4 Å². The van der Waals surface area contributed by atoms with E-state index in [2.05, 4.69) is 15.1 Å². The number of aromatic amines is 1. The molecule has 1 aromatic heterocycles. The molecular weight excluding hydrogens is 244 g/mol. The highest BCUT2D eigenvalue weighted by Crippen LogP contribution is 2.15. The first-order valence-electron chi connectivity index (χ1n) is 6.95. The van der Waals surface area contributed by atoms with Crippen LogP contribution in [0.25, 0.3) is 0 Å². The smallest absolute Gasteiger partial charge is 0.257 e. The summed E-state index contributed by atoms with van der Waals surface area (Å²) < 4.78 is 5.65. The molecule has 1 aromatic rings. The standard InChI is InChI=1S/C13H20N4O2/c18-13(11-8-14-15-9-11)17-5-3-16(4-6-17)10-12-2-1-7-19-12/h8-9,12H,1-7,10H2,(H,14,15). The molecular formula is C13H20N4O2. The second-order valence-corrected chi connectivity index (χ2v) is 5.21. The number of piperazine rings is 1. The molecule has 0 radical (unpaired) electrons. The van der Waals surface area contributed by atoms with Crippen LogP contribution in [0.4, 0.5) is 0 Å². The van der Waals surface area contributed by atoms with Crippen molar-refractivity contribution in [3.05, 3.63) is 18.0 Å². The molecule has 1 atom stereocenters. The van der Waals surface area contributed by atoms with Crippen LogP contribution in [0, 0.1) is 0 Å². The lowest BCUT2D eigenvalue weighted by Crippen LogP contribution is -2.50. The van der Waals surface area contributed by atoms with Gasteiger partial charge in [-0.05, 0) is 12.8 Å². The largest absolute Gasteiger partial charge is 0.377 e. The number of hydrogen-bond acceptors (Lipinski definition) is 4. The first-order chi connectivity index (χ1) is 9.33. The fourth-order valence-electron chi connectivity index (χ4n) is 2.76. The summed E-state index contributed by atoms with van der Waals surface area (Å²) in [5, 5.41) is 6.50. The van der Waals surface area contributed by atoms with E-state index >= 15 is 0 Å². The van der Waals surface area contributed by atoms with E-state index in [0.29, 0.717) is 11.7 Å². The van der Waals surface area contributed by atoms with Gasteiger partial charge in [0.05, 0.1) is 17.9 Å². The molecule has 0 bridgehead atoms. The molecule has 2 saturated heterocycles. The van der Waals surface area contributed by atoms with E-state index in [1.54, 1.807) is 12.4 Å². The zero-order valence-corrected chi connectivity index (χ0v) is 11.0. The Bertz CT molecular complexity index is 406. The van der Waals surface area contributed by atoms with E-state index in [1.165, 1.54) is 12.8 Å². The minimum Gasteiger partial charge on any atom is -0.377 e. The molecule has 2 aliphatic heterocycles. The third-order valence-electron chi connectivity index (χ3n) is 3.89. The van der Waals surface area contributed by atoms with Gasteiger partial charge in [0, 0.05) is 45.5 Å². The number of nitrogens with zero attached hydrogens (tertiary/aromatic N) is 3. The highest BCUT2D eigenvalue weighted by Gasteiger charge is 2.25.